The Hall–Kier alpha value is -1.42. The maximum Gasteiger partial charge on any atom is 0.128 e. The molecule has 0 aliphatic rings. The largest absolute Gasteiger partial charge is 0.378 e. The van der Waals surface area contributed by atoms with Crippen molar-refractivity contribution < 1.29 is 4.39 Å². The van der Waals surface area contributed by atoms with Crippen LogP contribution in [-0.2, 0) is 6.54 Å². The van der Waals surface area contributed by atoms with Gasteiger partial charge in [-0.05, 0) is 24.6 Å². The smallest absolute Gasteiger partial charge is 0.128 e. The van der Waals surface area contributed by atoms with Gasteiger partial charge in [-0.1, -0.05) is 6.07 Å². The van der Waals surface area contributed by atoms with Gasteiger partial charge in [-0.15, -0.1) is 11.3 Å². The Morgan fingerprint density at radius 2 is 2.33 bits per heavy atom. The first kappa shape index (κ1) is 10.1. The minimum Gasteiger partial charge on any atom is -0.378 e. The van der Waals surface area contributed by atoms with Gasteiger partial charge in [-0.25, -0.2) is 9.37 Å². The lowest BCUT2D eigenvalue weighted by molar-refractivity contribution is 0.619. The van der Waals surface area contributed by atoms with E-state index in [1.165, 1.54) is 6.07 Å². The SMILES string of the molecule is Cc1ccc(NCc2nccs2)cc1F. The van der Waals surface area contributed by atoms with Crippen LogP contribution in [0.3, 0.4) is 0 Å². The first-order chi connectivity index (χ1) is 7.25. The van der Waals surface area contributed by atoms with Crippen molar-refractivity contribution in [2.75, 3.05) is 5.32 Å². The lowest BCUT2D eigenvalue weighted by atomic mass is 10.2. The molecule has 0 saturated heterocycles. The molecule has 1 N–H and O–H groups in total. The van der Waals surface area contributed by atoms with E-state index in [0.29, 0.717) is 12.1 Å². The molecule has 15 heavy (non-hydrogen) atoms. The summed E-state index contributed by atoms with van der Waals surface area (Å²) in [6.45, 7) is 2.39. The third kappa shape index (κ3) is 2.53. The summed E-state index contributed by atoms with van der Waals surface area (Å²) >= 11 is 1.58. The van der Waals surface area contributed by atoms with Crippen LogP contribution in [0.25, 0.3) is 0 Å². The highest BCUT2D eigenvalue weighted by molar-refractivity contribution is 7.09. The maximum atomic E-state index is 13.2. The molecule has 4 heteroatoms. The Morgan fingerprint density at radius 3 is 3.00 bits per heavy atom. The molecule has 0 unspecified atom stereocenters. The van der Waals surface area contributed by atoms with Crippen LogP contribution < -0.4 is 5.32 Å². The van der Waals surface area contributed by atoms with E-state index in [1.807, 2.05) is 11.4 Å². The number of benzene rings is 1. The van der Waals surface area contributed by atoms with Gasteiger partial charge in [0.15, 0.2) is 0 Å². The molecule has 2 nitrogen and oxygen atoms in total. The highest BCUT2D eigenvalue weighted by Crippen LogP contribution is 2.15. The second kappa shape index (κ2) is 4.40. The molecule has 0 amide bonds. The number of rotatable bonds is 3. The molecule has 1 aromatic heterocycles. The summed E-state index contributed by atoms with van der Waals surface area (Å²) in [5.41, 5.74) is 1.45. The van der Waals surface area contributed by atoms with Gasteiger partial charge in [0, 0.05) is 17.3 Å². The molecule has 0 atom stereocenters. The average Bonchev–Trinajstić information content (AvgIpc) is 2.73. The Balaban J connectivity index is 2.02. The second-order valence-corrected chi connectivity index (χ2v) is 4.22. The molecule has 0 bridgehead atoms. The molecule has 0 radical (unpaired) electrons. The van der Waals surface area contributed by atoms with Gasteiger partial charge < -0.3 is 5.32 Å². The van der Waals surface area contributed by atoms with Crippen LogP contribution in [0.2, 0.25) is 0 Å². The molecule has 2 rings (SSSR count). The minimum absolute atomic E-state index is 0.181. The predicted octanol–water partition coefficient (Wildman–Crippen LogP) is 3.20. The van der Waals surface area contributed by atoms with Crippen LogP contribution in [-0.4, -0.2) is 4.98 Å². The first-order valence-corrected chi connectivity index (χ1v) is 5.52. The van der Waals surface area contributed by atoms with Gasteiger partial charge >= 0.3 is 0 Å². The number of nitrogens with zero attached hydrogens (tertiary/aromatic N) is 1. The number of halogens is 1. The van der Waals surface area contributed by atoms with Crippen LogP contribution >= 0.6 is 11.3 Å². The van der Waals surface area contributed by atoms with E-state index < -0.39 is 0 Å². The van der Waals surface area contributed by atoms with Crippen LogP contribution in [0.4, 0.5) is 10.1 Å². The lowest BCUT2D eigenvalue weighted by Crippen LogP contribution is -1.99. The number of aryl methyl sites for hydroxylation is 1. The fourth-order valence-electron chi connectivity index (χ4n) is 1.22. The van der Waals surface area contributed by atoms with Crippen LogP contribution in [0.1, 0.15) is 10.6 Å². The molecule has 0 spiro atoms. The van der Waals surface area contributed by atoms with Crippen LogP contribution in [0.5, 0.6) is 0 Å². The van der Waals surface area contributed by atoms with Crippen molar-refractivity contribution in [3.05, 3.63) is 46.2 Å². The highest BCUT2D eigenvalue weighted by atomic mass is 32.1. The zero-order valence-electron chi connectivity index (χ0n) is 8.33. The van der Waals surface area contributed by atoms with Crippen LogP contribution in [0.15, 0.2) is 29.8 Å². The van der Waals surface area contributed by atoms with Crippen molar-refractivity contribution in [2.24, 2.45) is 0 Å². The van der Waals surface area contributed by atoms with Crippen molar-refractivity contribution in [1.29, 1.82) is 0 Å². The molecule has 1 aromatic carbocycles. The molecule has 78 valence electrons. The lowest BCUT2D eigenvalue weighted by Gasteiger charge is -2.05. The summed E-state index contributed by atoms with van der Waals surface area (Å²) in [4.78, 5) is 4.13. The summed E-state index contributed by atoms with van der Waals surface area (Å²) in [7, 11) is 0. The van der Waals surface area contributed by atoms with E-state index in [2.05, 4.69) is 10.3 Å². The highest BCUT2D eigenvalue weighted by Gasteiger charge is 1.99. The van der Waals surface area contributed by atoms with Crippen molar-refractivity contribution in [3.63, 3.8) is 0 Å². The Morgan fingerprint density at radius 1 is 1.47 bits per heavy atom. The Bertz CT molecular complexity index is 440. The first-order valence-electron chi connectivity index (χ1n) is 4.64. The summed E-state index contributed by atoms with van der Waals surface area (Å²) in [6, 6.07) is 5.13. The average molecular weight is 222 g/mol. The zero-order chi connectivity index (χ0) is 10.7. The molecule has 1 heterocycles. The number of thiazole rings is 1. The fraction of sp³-hybridized carbons (Fsp3) is 0.182. The van der Waals surface area contributed by atoms with E-state index in [1.54, 1.807) is 30.5 Å². The summed E-state index contributed by atoms with van der Waals surface area (Å²) in [5.74, 6) is -0.181. The van der Waals surface area contributed by atoms with Crippen molar-refractivity contribution in [3.8, 4) is 0 Å². The van der Waals surface area contributed by atoms with Crippen LogP contribution in [0, 0.1) is 12.7 Å². The standard InChI is InChI=1S/C11H11FN2S/c1-8-2-3-9(6-10(8)12)14-7-11-13-4-5-15-11/h2-6,14H,7H2,1H3. The number of anilines is 1. The van der Waals surface area contributed by atoms with Crippen molar-refractivity contribution >= 4 is 17.0 Å². The van der Waals surface area contributed by atoms with Gasteiger partial charge in [-0.2, -0.15) is 0 Å². The van der Waals surface area contributed by atoms with Crippen molar-refractivity contribution in [2.45, 2.75) is 13.5 Å². The molecule has 0 aliphatic heterocycles. The number of hydrogen-bond acceptors (Lipinski definition) is 3. The van der Waals surface area contributed by atoms with E-state index in [-0.39, 0.29) is 5.82 Å². The van der Waals surface area contributed by atoms with Crippen molar-refractivity contribution in [1.82, 2.24) is 4.98 Å². The molecular weight excluding hydrogens is 211 g/mol. The molecule has 0 aliphatic carbocycles. The molecule has 0 fully saturated rings. The van der Waals surface area contributed by atoms with Gasteiger partial charge in [0.2, 0.25) is 0 Å². The predicted molar refractivity (Wildman–Crippen MR) is 60.6 cm³/mol. The summed E-state index contributed by atoms with van der Waals surface area (Å²) in [5, 5.41) is 6.04. The summed E-state index contributed by atoms with van der Waals surface area (Å²) in [6.07, 6.45) is 1.76. The molecule has 2 aromatic rings. The van der Waals surface area contributed by atoms with E-state index >= 15 is 0 Å². The number of hydrogen-bond donors (Lipinski definition) is 1. The monoisotopic (exact) mass is 222 g/mol. The van der Waals surface area contributed by atoms with E-state index in [9.17, 15) is 4.39 Å². The molecular formula is C11H11FN2S. The normalized spacial score (nSPS) is 10.3. The van der Waals surface area contributed by atoms with Gasteiger partial charge in [0.05, 0.1) is 6.54 Å². The minimum atomic E-state index is -0.181. The number of aromatic nitrogens is 1. The quantitative estimate of drug-likeness (QED) is 0.862. The van der Waals surface area contributed by atoms with Gasteiger partial charge in [0.25, 0.3) is 0 Å². The third-order valence-corrected chi connectivity index (χ3v) is 2.88. The van der Waals surface area contributed by atoms with Gasteiger partial charge in [-0.3, -0.25) is 0 Å². The topological polar surface area (TPSA) is 24.9 Å². The summed E-state index contributed by atoms with van der Waals surface area (Å²) < 4.78 is 13.2. The van der Waals surface area contributed by atoms with E-state index in [0.717, 1.165) is 10.7 Å². The van der Waals surface area contributed by atoms with E-state index in [4.69, 9.17) is 0 Å². The Labute approximate surface area is 91.8 Å². The zero-order valence-corrected chi connectivity index (χ0v) is 9.14. The maximum absolute atomic E-state index is 13.2. The van der Waals surface area contributed by atoms with Gasteiger partial charge in [0.1, 0.15) is 10.8 Å². The second-order valence-electron chi connectivity index (χ2n) is 3.24. The molecule has 0 saturated carbocycles. The fourth-order valence-corrected chi connectivity index (χ4v) is 1.78. The Kier molecular flexibility index (Phi) is 2.97. The third-order valence-electron chi connectivity index (χ3n) is 2.10. The number of nitrogens with one attached hydrogen (secondary N) is 1.